The van der Waals surface area contributed by atoms with E-state index in [1.54, 1.807) is 11.3 Å². The highest BCUT2D eigenvalue weighted by atomic mass is 32.1. The van der Waals surface area contributed by atoms with E-state index in [-0.39, 0.29) is 5.78 Å². The molecule has 0 N–H and O–H groups in total. The molecule has 2 heteroatoms. The number of aryl methyl sites for hydroxylation is 3. The highest BCUT2D eigenvalue weighted by molar-refractivity contribution is 7.14. The van der Waals surface area contributed by atoms with Gasteiger partial charge in [0.25, 0.3) is 0 Å². The number of hydrogen-bond donors (Lipinski definition) is 0. The van der Waals surface area contributed by atoms with Crippen LogP contribution in [-0.2, 0) is 6.42 Å². The second-order valence-electron chi connectivity index (χ2n) is 4.63. The quantitative estimate of drug-likeness (QED) is 0.735. The molecule has 0 bridgehead atoms. The largest absolute Gasteiger partial charge is 0.288 e. The minimum atomic E-state index is 0.147. The van der Waals surface area contributed by atoms with Crippen molar-refractivity contribution in [1.82, 2.24) is 0 Å². The molecule has 0 saturated heterocycles. The molecule has 1 heterocycles. The maximum atomic E-state index is 12.4. The van der Waals surface area contributed by atoms with E-state index in [0.717, 1.165) is 23.3 Å². The Labute approximate surface area is 112 Å². The van der Waals surface area contributed by atoms with Gasteiger partial charge in [0.2, 0.25) is 5.78 Å². The molecule has 0 fully saturated rings. The Balaban J connectivity index is 2.30. The molecule has 0 aliphatic rings. The van der Waals surface area contributed by atoms with Crippen molar-refractivity contribution in [3.8, 4) is 0 Å². The number of benzene rings is 1. The lowest BCUT2D eigenvalue weighted by atomic mass is 10.0. The minimum Gasteiger partial charge on any atom is -0.288 e. The summed E-state index contributed by atoms with van der Waals surface area (Å²) in [7, 11) is 0. The zero-order valence-corrected chi connectivity index (χ0v) is 11.9. The Morgan fingerprint density at radius 1 is 1.22 bits per heavy atom. The molecule has 1 nitrogen and oxygen atoms in total. The molecule has 1 aromatic carbocycles. The zero-order chi connectivity index (χ0) is 13.1. The predicted molar refractivity (Wildman–Crippen MR) is 77.7 cm³/mol. The van der Waals surface area contributed by atoms with Crippen LogP contribution in [0.25, 0.3) is 0 Å². The third-order valence-electron chi connectivity index (χ3n) is 3.12. The lowest BCUT2D eigenvalue weighted by molar-refractivity contribution is 0.104. The van der Waals surface area contributed by atoms with Crippen LogP contribution in [0, 0.1) is 13.8 Å². The summed E-state index contributed by atoms with van der Waals surface area (Å²) in [5.74, 6) is 0.147. The van der Waals surface area contributed by atoms with E-state index in [4.69, 9.17) is 0 Å². The van der Waals surface area contributed by atoms with Gasteiger partial charge in [-0.05, 0) is 43.5 Å². The molecule has 18 heavy (non-hydrogen) atoms. The first-order valence-corrected chi connectivity index (χ1v) is 7.14. The average molecular weight is 258 g/mol. The van der Waals surface area contributed by atoms with Gasteiger partial charge in [-0.3, -0.25) is 4.79 Å². The maximum Gasteiger partial charge on any atom is 0.202 e. The number of thiophene rings is 1. The first kappa shape index (κ1) is 13.0. The van der Waals surface area contributed by atoms with Crippen LogP contribution in [0.1, 0.15) is 44.6 Å². The van der Waals surface area contributed by atoms with Crippen LogP contribution in [0.3, 0.4) is 0 Å². The van der Waals surface area contributed by atoms with Gasteiger partial charge in [0.1, 0.15) is 0 Å². The standard InChI is InChI=1S/C16H18OS/c1-4-6-13-7-5-8-14(10-13)16(17)15-9-11(2)12(3)18-15/h5,7-10H,4,6H2,1-3H3. The van der Waals surface area contributed by atoms with Crippen LogP contribution in [0.2, 0.25) is 0 Å². The molecule has 0 spiro atoms. The Morgan fingerprint density at radius 3 is 2.61 bits per heavy atom. The molecule has 94 valence electrons. The Morgan fingerprint density at radius 2 is 2.00 bits per heavy atom. The van der Waals surface area contributed by atoms with E-state index < -0.39 is 0 Å². The molecule has 0 aliphatic heterocycles. The first-order chi connectivity index (χ1) is 8.61. The maximum absolute atomic E-state index is 12.4. The van der Waals surface area contributed by atoms with Crippen LogP contribution in [0.4, 0.5) is 0 Å². The lowest BCUT2D eigenvalue weighted by Gasteiger charge is -2.02. The fourth-order valence-electron chi connectivity index (χ4n) is 1.98. The summed E-state index contributed by atoms with van der Waals surface area (Å²) in [6.45, 7) is 6.26. The normalized spacial score (nSPS) is 10.6. The fourth-order valence-corrected chi connectivity index (χ4v) is 2.98. The molecular formula is C16H18OS. The highest BCUT2D eigenvalue weighted by Gasteiger charge is 2.13. The van der Waals surface area contributed by atoms with E-state index in [2.05, 4.69) is 26.8 Å². The SMILES string of the molecule is CCCc1cccc(C(=O)c2cc(C)c(C)s2)c1. The smallest absolute Gasteiger partial charge is 0.202 e. The number of hydrogen-bond acceptors (Lipinski definition) is 2. The predicted octanol–water partition coefficient (Wildman–Crippen LogP) is 4.55. The van der Waals surface area contributed by atoms with Crippen LogP contribution in [0.15, 0.2) is 30.3 Å². The molecule has 0 aliphatic carbocycles. The lowest BCUT2D eigenvalue weighted by Crippen LogP contribution is -1.99. The molecule has 0 radical (unpaired) electrons. The van der Waals surface area contributed by atoms with Gasteiger partial charge >= 0.3 is 0 Å². The Kier molecular flexibility index (Phi) is 3.97. The van der Waals surface area contributed by atoms with Crippen LogP contribution < -0.4 is 0 Å². The third-order valence-corrected chi connectivity index (χ3v) is 4.27. The van der Waals surface area contributed by atoms with Gasteiger partial charge in [0.15, 0.2) is 0 Å². The van der Waals surface area contributed by atoms with Crippen molar-refractivity contribution in [2.45, 2.75) is 33.6 Å². The van der Waals surface area contributed by atoms with Crippen molar-refractivity contribution in [1.29, 1.82) is 0 Å². The van der Waals surface area contributed by atoms with Crippen molar-refractivity contribution < 1.29 is 4.79 Å². The van der Waals surface area contributed by atoms with Gasteiger partial charge in [-0.25, -0.2) is 0 Å². The van der Waals surface area contributed by atoms with Crippen molar-refractivity contribution in [2.24, 2.45) is 0 Å². The summed E-state index contributed by atoms with van der Waals surface area (Å²) < 4.78 is 0. The van der Waals surface area contributed by atoms with E-state index in [9.17, 15) is 4.79 Å². The second kappa shape index (κ2) is 5.49. The molecule has 2 aromatic rings. The Hall–Kier alpha value is -1.41. The monoisotopic (exact) mass is 258 g/mol. The molecular weight excluding hydrogens is 240 g/mol. The topological polar surface area (TPSA) is 17.1 Å². The van der Waals surface area contributed by atoms with Crippen LogP contribution in [-0.4, -0.2) is 5.78 Å². The van der Waals surface area contributed by atoms with E-state index in [0.29, 0.717) is 0 Å². The van der Waals surface area contributed by atoms with Crippen molar-refractivity contribution in [3.63, 3.8) is 0 Å². The summed E-state index contributed by atoms with van der Waals surface area (Å²) in [6.07, 6.45) is 2.14. The van der Waals surface area contributed by atoms with E-state index >= 15 is 0 Å². The summed E-state index contributed by atoms with van der Waals surface area (Å²) in [5, 5.41) is 0. The van der Waals surface area contributed by atoms with E-state index in [1.165, 1.54) is 16.0 Å². The number of carbonyl (C=O) groups excluding carboxylic acids is 1. The Bertz CT molecular complexity index is 547. The summed E-state index contributed by atoms with van der Waals surface area (Å²) in [5.41, 5.74) is 3.25. The number of carbonyl (C=O) groups is 1. The fraction of sp³-hybridized carbons (Fsp3) is 0.312. The van der Waals surface area contributed by atoms with Crippen molar-refractivity contribution >= 4 is 17.1 Å². The minimum absolute atomic E-state index is 0.147. The first-order valence-electron chi connectivity index (χ1n) is 6.32. The highest BCUT2D eigenvalue weighted by Crippen LogP contribution is 2.23. The molecule has 0 amide bonds. The molecule has 2 rings (SSSR count). The van der Waals surface area contributed by atoms with Crippen molar-refractivity contribution in [2.75, 3.05) is 0 Å². The summed E-state index contributed by atoms with van der Waals surface area (Å²) in [4.78, 5) is 14.4. The van der Waals surface area contributed by atoms with Crippen LogP contribution >= 0.6 is 11.3 Å². The molecule has 0 atom stereocenters. The average Bonchev–Trinajstić information content (AvgIpc) is 2.69. The van der Waals surface area contributed by atoms with Crippen molar-refractivity contribution in [3.05, 3.63) is 56.8 Å². The summed E-state index contributed by atoms with van der Waals surface area (Å²) in [6, 6.07) is 9.99. The number of ketones is 1. The van der Waals surface area contributed by atoms with Gasteiger partial charge in [0.05, 0.1) is 4.88 Å². The van der Waals surface area contributed by atoms with Crippen LogP contribution in [0.5, 0.6) is 0 Å². The second-order valence-corrected chi connectivity index (χ2v) is 5.89. The van der Waals surface area contributed by atoms with Gasteiger partial charge in [-0.1, -0.05) is 31.5 Å². The van der Waals surface area contributed by atoms with Gasteiger partial charge in [0, 0.05) is 10.4 Å². The third kappa shape index (κ3) is 2.70. The number of rotatable bonds is 4. The molecule has 1 aromatic heterocycles. The van der Waals surface area contributed by atoms with Gasteiger partial charge in [-0.2, -0.15) is 0 Å². The zero-order valence-electron chi connectivity index (χ0n) is 11.1. The van der Waals surface area contributed by atoms with E-state index in [1.807, 2.05) is 24.3 Å². The molecule has 0 saturated carbocycles. The summed E-state index contributed by atoms with van der Waals surface area (Å²) >= 11 is 1.59. The molecule has 0 unspecified atom stereocenters. The van der Waals surface area contributed by atoms with Gasteiger partial charge in [-0.15, -0.1) is 11.3 Å². The van der Waals surface area contributed by atoms with Gasteiger partial charge < -0.3 is 0 Å².